The van der Waals surface area contributed by atoms with Gasteiger partial charge in [0.2, 0.25) is 0 Å². The van der Waals surface area contributed by atoms with Crippen LogP contribution in [0.15, 0.2) is 35.9 Å². The number of hydrogen-bond acceptors (Lipinski definition) is 3. The van der Waals surface area contributed by atoms with Crippen LogP contribution in [0.1, 0.15) is 39.4 Å². The number of allylic oxidation sites excluding steroid dienone is 2. The van der Waals surface area contributed by atoms with Gasteiger partial charge >= 0.3 is 0 Å². The Labute approximate surface area is 136 Å². The molecule has 0 bridgehead atoms. The van der Waals surface area contributed by atoms with E-state index in [9.17, 15) is 10.1 Å². The number of H-pyrrole nitrogens is 1. The Bertz CT molecular complexity index is 801. The molecule has 1 N–H and O–H groups in total. The normalized spacial score (nSPS) is 23.1. The van der Waals surface area contributed by atoms with E-state index in [0.29, 0.717) is 5.82 Å². The maximum absolute atomic E-state index is 12.9. The van der Waals surface area contributed by atoms with Crippen molar-refractivity contribution in [1.82, 2.24) is 9.97 Å². The molecule has 1 aliphatic rings. The molecular formula is C19H21N3O. The number of hydrogen-bond donors (Lipinski definition) is 1. The highest BCUT2D eigenvalue weighted by molar-refractivity contribution is 5.94. The van der Waals surface area contributed by atoms with Crippen LogP contribution in [0.3, 0.4) is 0 Å². The number of aromatic amines is 1. The van der Waals surface area contributed by atoms with Crippen LogP contribution in [0, 0.1) is 28.6 Å². The average Bonchev–Trinajstić information content (AvgIpc) is 2.84. The summed E-state index contributed by atoms with van der Waals surface area (Å²) in [7, 11) is 0. The maximum atomic E-state index is 12.9. The van der Waals surface area contributed by atoms with Gasteiger partial charge in [0, 0.05) is 5.92 Å². The number of ketones is 1. The third kappa shape index (κ3) is 2.57. The summed E-state index contributed by atoms with van der Waals surface area (Å²) in [6.07, 6.45) is 2.15. The standard InChI is InChI=1S/C19H21N3O/c1-11(2)9-13-16(19(13,3)4)17(23)12(10-20)18-21-14-7-5-6-8-15(14)22-18/h5-9,12-13,16H,1-4H3,(H,21,22)/t12-,13-,16-/m1/s1. The molecule has 4 heteroatoms. The Morgan fingerprint density at radius 3 is 2.70 bits per heavy atom. The summed E-state index contributed by atoms with van der Waals surface area (Å²) >= 11 is 0. The minimum Gasteiger partial charge on any atom is -0.340 e. The Kier molecular flexibility index (Phi) is 3.60. The summed E-state index contributed by atoms with van der Waals surface area (Å²) < 4.78 is 0. The fraction of sp³-hybridized carbons (Fsp3) is 0.421. The number of nitrogens with one attached hydrogen (secondary N) is 1. The summed E-state index contributed by atoms with van der Waals surface area (Å²) in [5.41, 5.74) is 2.75. The van der Waals surface area contributed by atoms with E-state index < -0.39 is 5.92 Å². The number of Topliss-reactive ketones (excluding diaryl/α,β-unsaturated/α-hetero) is 1. The molecule has 4 nitrogen and oxygen atoms in total. The minimum atomic E-state index is -0.831. The lowest BCUT2D eigenvalue weighted by Gasteiger charge is -2.06. The molecule has 1 saturated carbocycles. The van der Waals surface area contributed by atoms with E-state index in [1.807, 2.05) is 38.1 Å². The molecule has 0 spiro atoms. The van der Waals surface area contributed by atoms with E-state index in [2.05, 4.69) is 36.0 Å². The van der Waals surface area contributed by atoms with Gasteiger partial charge in [0.1, 0.15) is 5.82 Å². The van der Waals surface area contributed by atoms with Gasteiger partial charge in [-0.2, -0.15) is 5.26 Å². The van der Waals surface area contributed by atoms with E-state index in [0.717, 1.165) is 11.0 Å². The number of fused-ring (bicyclic) bond motifs is 1. The third-order valence-electron chi connectivity index (χ3n) is 4.82. The van der Waals surface area contributed by atoms with Crippen molar-refractivity contribution < 1.29 is 4.79 Å². The van der Waals surface area contributed by atoms with Gasteiger partial charge in [0.15, 0.2) is 11.7 Å². The lowest BCUT2D eigenvalue weighted by Crippen LogP contribution is -2.17. The molecular weight excluding hydrogens is 286 g/mol. The van der Waals surface area contributed by atoms with Crippen LogP contribution in [0.25, 0.3) is 11.0 Å². The number of rotatable bonds is 4. The molecule has 3 rings (SSSR count). The van der Waals surface area contributed by atoms with Crippen LogP contribution in [0.5, 0.6) is 0 Å². The third-order valence-corrected chi connectivity index (χ3v) is 4.82. The number of para-hydroxylation sites is 2. The Morgan fingerprint density at radius 2 is 2.09 bits per heavy atom. The Morgan fingerprint density at radius 1 is 1.39 bits per heavy atom. The van der Waals surface area contributed by atoms with E-state index in [1.165, 1.54) is 5.57 Å². The van der Waals surface area contributed by atoms with Crippen LogP contribution < -0.4 is 0 Å². The number of nitrogens with zero attached hydrogens (tertiary/aromatic N) is 2. The molecule has 0 unspecified atom stereocenters. The van der Waals surface area contributed by atoms with Crippen molar-refractivity contribution in [3.63, 3.8) is 0 Å². The summed E-state index contributed by atoms with van der Waals surface area (Å²) in [5, 5.41) is 9.54. The van der Waals surface area contributed by atoms with Gasteiger partial charge in [0.05, 0.1) is 17.1 Å². The summed E-state index contributed by atoms with van der Waals surface area (Å²) in [6.45, 7) is 8.26. The first-order valence-electron chi connectivity index (χ1n) is 7.89. The first-order chi connectivity index (χ1) is 10.9. The molecule has 1 aliphatic carbocycles. The number of benzene rings is 1. The second-order valence-corrected chi connectivity index (χ2v) is 7.17. The summed E-state index contributed by atoms with van der Waals surface area (Å²) in [6, 6.07) is 9.72. The van der Waals surface area contributed by atoms with E-state index >= 15 is 0 Å². The lowest BCUT2D eigenvalue weighted by atomic mass is 9.97. The predicted molar refractivity (Wildman–Crippen MR) is 89.6 cm³/mol. The minimum absolute atomic E-state index is 0.0287. The summed E-state index contributed by atoms with van der Waals surface area (Å²) in [4.78, 5) is 20.5. The number of nitriles is 1. The maximum Gasteiger partial charge on any atom is 0.162 e. The van der Waals surface area contributed by atoms with Crippen molar-refractivity contribution in [3.05, 3.63) is 41.7 Å². The molecule has 0 saturated heterocycles. The molecule has 0 amide bonds. The van der Waals surface area contributed by atoms with Crippen molar-refractivity contribution in [2.75, 3.05) is 0 Å². The van der Waals surface area contributed by atoms with Crippen LogP contribution in [-0.4, -0.2) is 15.8 Å². The number of carbonyl (C=O) groups is 1. The van der Waals surface area contributed by atoms with E-state index in [4.69, 9.17) is 0 Å². The second-order valence-electron chi connectivity index (χ2n) is 7.17. The Hall–Kier alpha value is -2.41. The molecule has 23 heavy (non-hydrogen) atoms. The van der Waals surface area contributed by atoms with Crippen LogP contribution in [0.4, 0.5) is 0 Å². The SMILES string of the molecule is CC(C)=C[C@@H]1[C@H](C(=O)[C@@H](C#N)c2nc3ccccc3[nH]2)C1(C)C. The van der Waals surface area contributed by atoms with Crippen molar-refractivity contribution in [1.29, 1.82) is 5.26 Å². The Balaban J connectivity index is 1.91. The highest BCUT2D eigenvalue weighted by Crippen LogP contribution is 2.60. The van der Waals surface area contributed by atoms with Gasteiger partial charge in [-0.25, -0.2) is 4.98 Å². The largest absolute Gasteiger partial charge is 0.340 e. The average molecular weight is 307 g/mol. The topological polar surface area (TPSA) is 69.5 Å². The molecule has 2 aromatic rings. The van der Waals surface area contributed by atoms with Gasteiger partial charge in [0.25, 0.3) is 0 Å². The lowest BCUT2D eigenvalue weighted by molar-refractivity contribution is -0.121. The molecule has 118 valence electrons. The zero-order valence-corrected chi connectivity index (χ0v) is 13.9. The first kappa shape index (κ1) is 15.5. The zero-order chi connectivity index (χ0) is 16.8. The molecule has 1 fully saturated rings. The van der Waals surface area contributed by atoms with Crippen LogP contribution in [0.2, 0.25) is 0 Å². The fourth-order valence-electron chi connectivity index (χ4n) is 3.44. The van der Waals surface area contributed by atoms with Gasteiger partial charge in [-0.3, -0.25) is 4.79 Å². The fourth-order valence-corrected chi connectivity index (χ4v) is 3.44. The molecule has 1 heterocycles. The molecule has 0 aliphatic heterocycles. The van der Waals surface area contributed by atoms with Crippen LogP contribution in [-0.2, 0) is 4.79 Å². The predicted octanol–water partition coefficient (Wildman–Crippen LogP) is 3.98. The van der Waals surface area contributed by atoms with Crippen molar-refractivity contribution in [3.8, 4) is 6.07 Å². The molecule has 0 radical (unpaired) electrons. The quantitative estimate of drug-likeness (QED) is 0.869. The van der Waals surface area contributed by atoms with Crippen molar-refractivity contribution in [2.45, 2.75) is 33.6 Å². The first-order valence-corrected chi connectivity index (χ1v) is 7.89. The van der Waals surface area contributed by atoms with Crippen LogP contribution >= 0.6 is 0 Å². The van der Waals surface area contributed by atoms with Gasteiger partial charge in [-0.05, 0) is 37.3 Å². The number of carbonyl (C=O) groups excluding carboxylic acids is 1. The van der Waals surface area contributed by atoms with Crippen molar-refractivity contribution in [2.24, 2.45) is 17.3 Å². The van der Waals surface area contributed by atoms with E-state index in [-0.39, 0.29) is 23.0 Å². The molecule has 1 aromatic heterocycles. The highest BCUT2D eigenvalue weighted by Gasteiger charge is 2.61. The molecule has 3 atom stereocenters. The monoisotopic (exact) mass is 307 g/mol. The second kappa shape index (κ2) is 5.34. The summed E-state index contributed by atoms with van der Waals surface area (Å²) in [5.74, 6) is -0.311. The smallest absolute Gasteiger partial charge is 0.162 e. The number of imidazole rings is 1. The zero-order valence-electron chi connectivity index (χ0n) is 13.9. The van der Waals surface area contributed by atoms with Gasteiger partial charge < -0.3 is 4.98 Å². The molecule has 1 aromatic carbocycles. The van der Waals surface area contributed by atoms with E-state index in [1.54, 1.807) is 0 Å². The van der Waals surface area contributed by atoms with Gasteiger partial charge in [-0.1, -0.05) is 37.6 Å². The van der Waals surface area contributed by atoms with Gasteiger partial charge in [-0.15, -0.1) is 0 Å². The van der Waals surface area contributed by atoms with Crippen molar-refractivity contribution >= 4 is 16.8 Å². The highest BCUT2D eigenvalue weighted by atomic mass is 16.1. The number of aromatic nitrogens is 2.